The van der Waals surface area contributed by atoms with E-state index in [9.17, 15) is 4.79 Å². The molecule has 0 spiro atoms. The topological polar surface area (TPSA) is 62.5 Å². The van der Waals surface area contributed by atoms with Gasteiger partial charge in [-0.05, 0) is 13.0 Å². The summed E-state index contributed by atoms with van der Waals surface area (Å²) in [6.07, 6.45) is 1.39. The van der Waals surface area contributed by atoms with Crippen molar-refractivity contribution in [1.82, 2.24) is 5.48 Å². The van der Waals surface area contributed by atoms with Crippen LogP contribution < -0.4 is 5.48 Å². The third-order valence-electron chi connectivity index (χ3n) is 1.20. The van der Waals surface area contributed by atoms with Gasteiger partial charge in [-0.25, -0.2) is 5.48 Å². The molecule has 0 aromatic carbocycles. The smallest absolute Gasteiger partial charge is 0.278 e. The highest BCUT2D eigenvalue weighted by Gasteiger charge is 2.08. The fourth-order valence-electron chi connectivity index (χ4n) is 0.681. The summed E-state index contributed by atoms with van der Waals surface area (Å²) in [5.41, 5.74) is 1.86. The number of carbonyl (C=O) groups excluding carboxylic acids is 1. The van der Waals surface area contributed by atoms with E-state index in [0.29, 0.717) is 11.3 Å². The summed E-state index contributed by atoms with van der Waals surface area (Å²) in [5, 5.41) is 8.19. The van der Waals surface area contributed by atoms with Crippen molar-refractivity contribution in [3.63, 3.8) is 0 Å². The molecule has 0 aliphatic heterocycles. The number of hydrogen-bond donors (Lipinski definition) is 2. The molecule has 0 saturated heterocycles. The van der Waals surface area contributed by atoms with Gasteiger partial charge in [-0.2, -0.15) is 0 Å². The van der Waals surface area contributed by atoms with Gasteiger partial charge in [0.1, 0.15) is 5.76 Å². The average molecular weight is 141 g/mol. The first-order valence-electron chi connectivity index (χ1n) is 2.74. The summed E-state index contributed by atoms with van der Waals surface area (Å²) in [5.74, 6) is -0.0576. The van der Waals surface area contributed by atoms with Crippen molar-refractivity contribution in [2.24, 2.45) is 0 Å². The Hall–Kier alpha value is -1.29. The SMILES string of the molecule is Cc1occc1C(=O)NO. The lowest BCUT2D eigenvalue weighted by Gasteiger charge is -1.92. The maximum Gasteiger partial charge on any atom is 0.278 e. The van der Waals surface area contributed by atoms with Crippen LogP contribution in [0.3, 0.4) is 0 Å². The molecule has 0 bridgehead atoms. The predicted octanol–water partition coefficient (Wildman–Crippen LogP) is 0.707. The molecule has 2 N–H and O–H groups in total. The van der Waals surface area contributed by atoms with E-state index in [1.54, 1.807) is 6.92 Å². The van der Waals surface area contributed by atoms with Gasteiger partial charge >= 0.3 is 0 Å². The van der Waals surface area contributed by atoms with E-state index in [1.807, 2.05) is 0 Å². The highest BCUT2D eigenvalue weighted by atomic mass is 16.5. The van der Waals surface area contributed by atoms with E-state index in [2.05, 4.69) is 0 Å². The highest BCUT2D eigenvalue weighted by molar-refractivity contribution is 5.94. The quantitative estimate of drug-likeness (QED) is 0.447. The zero-order valence-electron chi connectivity index (χ0n) is 5.42. The minimum Gasteiger partial charge on any atom is -0.469 e. The van der Waals surface area contributed by atoms with Crippen LogP contribution in [0.1, 0.15) is 16.1 Å². The van der Waals surface area contributed by atoms with Gasteiger partial charge in [0.15, 0.2) is 0 Å². The minimum atomic E-state index is -0.550. The molecule has 1 rings (SSSR count). The van der Waals surface area contributed by atoms with Gasteiger partial charge in [0.25, 0.3) is 5.91 Å². The molecule has 0 aliphatic carbocycles. The monoisotopic (exact) mass is 141 g/mol. The van der Waals surface area contributed by atoms with Crippen molar-refractivity contribution in [2.75, 3.05) is 0 Å². The number of nitrogens with one attached hydrogen (secondary N) is 1. The van der Waals surface area contributed by atoms with E-state index in [4.69, 9.17) is 9.62 Å². The first-order chi connectivity index (χ1) is 4.75. The lowest BCUT2D eigenvalue weighted by Crippen LogP contribution is -2.18. The Balaban J connectivity index is 2.93. The normalized spacial score (nSPS) is 9.40. The average Bonchev–Trinajstić information content (AvgIpc) is 2.34. The fraction of sp³-hybridized carbons (Fsp3) is 0.167. The van der Waals surface area contributed by atoms with Gasteiger partial charge in [0, 0.05) is 0 Å². The summed E-state index contributed by atoms with van der Waals surface area (Å²) in [7, 11) is 0. The second-order valence-corrected chi connectivity index (χ2v) is 1.83. The van der Waals surface area contributed by atoms with Crippen LogP contribution in [0.25, 0.3) is 0 Å². The second kappa shape index (κ2) is 2.53. The summed E-state index contributed by atoms with van der Waals surface area (Å²) in [4.78, 5) is 10.7. The summed E-state index contributed by atoms with van der Waals surface area (Å²) in [6, 6.07) is 1.49. The molecule has 4 heteroatoms. The molecule has 0 fully saturated rings. The van der Waals surface area contributed by atoms with Gasteiger partial charge in [-0.3, -0.25) is 10.0 Å². The van der Waals surface area contributed by atoms with E-state index in [0.717, 1.165) is 0 Å². The van der Waals surface area contributed by atoms with Crippen LogP contribution in [-0.2, 0) is 0 Å². The number of hydroxylamine groups is 1. The predicted molar refractivity (Wildman–Crippen MR) is 32.7 cm³/mol. The Bertz CT molecular complexity index is 241. The van der Waals surface area contributed by atoms with Crippen molar-refractivity contribution < 1.29 is 14.4 Å². The van der Waals surface area contributed by atoms with Crippen LogP contribution in [0.5, 0.6) is 0 Å². The maximum atomic E-state index is 10.7. The Kier molecular flexibility index (Phi) is 1.73. The summed E-state index contributed by atoms with van der Waals surface area (Å²) < 4.78 is 4.82. The van der Waals surface area contributed by atoms with Crippen LogP contribution in [0.2, 0.25) is 0 Å². The van der Waals surface area contributed by atoms with Gasteiger partial charge in [0.2, 0.25) is 0 Å². The van der Waals surface area contributed by atoms with E-state index in [1.165, 1.54) is 17.8 Å². The van der Waals surface area contributed by atoms with Gasteiger partial charge in [-0.1, -0.05) is 0 Å². The number of hydrogen-bond acceptors (Lipinski definition) is 3. The summed E-state index contributed by atoms with van der Waals surface area (Å²) >= 11 is 0. The Morgan fingerprint density at radius 1 is 1.80 bits per heavy atom. The van der Waals surface area contributed by atoms with Crippen molar-refractivity contribution in [1.29, 1.82) is 0 Å². The van der Waals surface area contributed by atoms with Crippen LogP contribution in [0.15, 0.2) is 16.7 Å². The molecule has 0 atom stereocenters. The first-order valence-corrected chi connectivity index (χ1v) is 2.74. The number of furan rings is 1. The van der Waals surface area contributed by atoms with E-state index >= 15 is 0 Å². The Morgan fingerprint density at radius 2 is 2.50 bits per heavy atom. The zero-order chi connectivity index (χ0) is 7.56. The van der Waals surface area contributed by atoms with Gasteiger partial charge in [-0.15, -0.1) is 0 Å². The number of carbonyl (C=O) groups is 1. The molecule has 1 aromatic heterocycles. The second-order valence-electron chi connectivity index (χ2n) is 1.83. The molecular formula is C6H7NO3. The lowest BCUT2D eigenvalue weighted by molar-refractivity contribution is 0.0704. The number of amides is 1. The molecule has 1 aromatic rings. The standard InChI is InChI=1S/C6H7NO3/c1-4-5(2-3-10-4)6(8)7-9/h2-3,9H,1H3,(H,7,8). The molecule has 4 nitrogen and oxygen atoms in total. The molecule has 54 valence electrons. The number of aryl methyl sites for hydroxylation is 1. The zero-order valence-corrected chi connectivity index (χ0v) is 5.42. The molecule has 0 radical (unpaired) electrons. The van der Waals surface area contributed by atoms with Crippen molar-refractivity contribution in [3.05, 3.63) is 23.7 Å². The van der Waals surface area contributed by atoms with Gasteiger partial charge in [0.05, 0.1) is 11.8 Å². The fourth-order valence-corrected chi connectivity index (χ4v) is 0.681. The van der Waals surface area contributed by atoms with E-state index in [-0.39, 0.29) is 0 Å². The molecule has 1 heterocycles. The molecular weight excluding hydrogens is 134 g/mol. The van der Waals surface area contributed by atoms with Crippen LogP contribution in [0.4, 0.5) is 0 Å². The van der Waals surface area contributed by atoms with Crippen molar-refractivity contribution >= 4 is 5.91 Å². The maximum absolute atomic E-state index is 10.7. The third kappa shape index (κ3) is 1.01. The molecule has 10 heavy (non-hydrogen) atoms. The number of rotatable bonds is 1. The van der Waals surface area contributed by atoms with Crippen LogP contribution in [-0.4, -0.2) is 11.1 Å². The van der Waals surface area contributed by atoms with Crippen LogP contribution >= 0.6 is 0 Å². The van der Waals surface area contributed by atoms with Crippen molar-refractivity contribution in [3.8, 4) is 0 Å². The minimum absolute atomic E-state index is 0.350. The lowest BCUT2D eigenvalue weighted by atomic mass is 10.2. The first kappa shape index (κ1) is 6.82. The van der Waals surface area contributed by atoms with Gasteiger partial charge < -0.3 is 4.42 Å². The Labute approximate surface area is 57.4 Å². The molecule has 0 saturated carbocycles. The van der Waals surface area contributed by atoms with Crippen LogP contribution in [0, 0.1) is 6.92 Å². The summed E-state index contributed by atoms with van der Waals surface area (Å²) in [6.45, 7) is 1.64. The van der Waals surface area contributed by atoms with E-state index < -0.39 is 5.91 Å². The third-order valence-corrected chi connectivity index (χ3v) is 1.20. The Morgan fingerprint density at radius 3 is 2.90 bits per heavy atom. The molecule has 1 amide bonds. The molecule has 0 unspecified atom stereocenters. The largest absolute Gasteiger partial charge is 0.469 e. The molecule has 0 aliphatic rings. The van der Waals surface area contributed by atoms with Crippen molar-refractivity contribution in [2.45, 2.75) is 6.92 Å². The highest BCUT2D eigenvalue weighted by Crippen LogP contribution is 2.07.